The highest BCUT2D eigenvalue weighted by atomic mass is 16.5. The second kappa shape index (κ2) is 4.28. The molecule has 0 spiro atoms. The highest BCUT2D eigenvalue weighted by molar-refractivity contribution is 5.41. The third kappa shape index (κ3) is 2.22. The minimum Gasteiger partial charge on any atom is -0.496 e. The first-order valence-electron chi connectivity index (χ1n) is 4.53. The van der Waals surface area contributed by atoms with Gasteiger partial charge in [0.1, 0.15) is 5.75 Å². The van der Waals surface area contributed by atoms with Crippen molar-refractivity contribution in [3.8, 4) is 5.75 Å². The van der Waals surface area contributed by atoms with E-state index in [1.54, 1.807) is 7.11 Å². The summed E-state index contributed by atoms with van der Waals surface area (Å²) < 4.78 is 5.28. The molecule has 13 heavy (non-hydrogen) atoms. The Labute approximate surface area is 79.7 Å². The molecule has 0 bridgehead atoms. The molecule has 0 heterocycles. The fourth-order valence-electron chi connectivity index (χ4n) is 1.39. The van der Waals surface area contributed by atoms with Crippen LogP contribution in [-0.2, 0) is 6.42 Å². The molecule has 2 N–H and O–H groups in total. The molecular weight excluding hydrogens is 162 g/mol. The lowest BCUT2D eigenvalue weighted by molar-refractivity contribution is 0.409. The molecule has 2 nitrogen and oxygen atoms in total. The Morgan fingerprint density at radius 1 is 1.23 bits per heavy atom. The molecule has 0 saturated heterocycles. The van der Waals surface area contributed by atoms with Crippen LogP contribution in [0.2, 0.25) is 0 Å². The van der Waals surface area contributed by atoms with E-state index in [-0.39, 0.29) is 0 Å². The van der Waals surface area contributed by atoms with Crippen LogP contribution in [0.15, 0.2) is 12.1 Å². The largest absolute Gasteiger partial charge is 0.496 e. The minimum atomic E-state index is 0.666. The van der Waals surface area contributed by atoms with Crippen molar-refractivity contribution in [3.05, 3.63) is 28.8 Å². The van der Waals surface area contributed by atoms with Crippen molar-refractivity contribution in [3.63, 3.8) is 0 Å². The van der Waals surface area contributed by atoms with Crippen LogP contribution in [0.1, 0.15) is 16.7 Å². The van der Waals surface area contributed by atoms with Crippen molar-refractivity contribution in [2.75, 3.05) is 13.7 Å². The predicted octanol–water partition coefficient (Wildman–Crippen LogP) is 1.81. The summed E-state index contributed by atoms with van der Waals surface area (Å²) >= 11 is 0. The molecule has 0 aliphatic rings. The zero-order valence-corrected chi connectivity index (χ0v) is 8.55. The summed E-state index contributed by atoms with van der Waals surface area (Å²) in [6.07, 6.45) is 0.879. The number of hydrogen-bond donors (Lipinski definition) is 1. The van der Waals surface area contributed by atoms with Gasteiger partial charge in [-0.15, -0.1) is 0 Å². The number of ether oxygens (including phenoxy) is 1. The first-order valence-corrected chi connectivity index (χ1v) is 4.53. The SMILES string of the molecule is COc1cc(C)c(C)cc1CCN. The van der Waals surface area contributed by atoms with Gasteiger partial charge in [0.05, 0.1) is 7.11 Å². The second-order valence-corrected chi connectivity index (χ2v) is 3.29. The van der Waals surface area contributed by atoms with Crippen LogP contribution in [0.3, 0.4) is 0 Å². The first kappa shape index (κ1) is 10.1. The molecule has 0 atom stereocenters. The van der Waals surface area contributed by atoms with E-state index in [1.807, 2.05) is 0 Å². The number of hydrogen-bond acceptors (Lipinski definition) is 2. The van der Waals surface area contributed by atoms with Gasteiger partial charge in [-0.05, 0) is 49.6 Å². The monoisotopic (exact) mass is 179 g/mol. The zero-order valence-electron chi connectivity index (χ0n) is 8.55. The van der Waals surface area contributed by atoms with Gasteiger partial charge in [-0.2, -0.15) is 0 Å². The van der Waals surface area contributed by atoms with E-state index in [0.29, 0.717) is 6.54 Å². The molecule has 0 aliphatic heterocycles. The standard InChI is InChI=1S/C11H17NO/c1-8-6-10(4-5-12)11(13-3)7-9(8)2/h6-7H,4-5,12H2,1-3H3. The van der Waals surface area contributed by atoms with E-state index in [1.165, 1.54) is 16.7 Å². The van der Waals surface area contributed by atoms with Crippen molar-refractivity contribution in [2.45, 2.75) is 20.3 Å². The van der Waals surface area contributed by atoms with Crippen molar-refractivity contribution >= 4 is 0 Å². The summed E-state index contributed by atoms with van der Waals surface area (Å²) in [6.45, 7) is 4.86. The molecule has 1 aromatic carbocycles. The van der Waals surface area contributed by atoms with Crippen LogP contribution in [0.5, 0.6) is 5.75 Å². The van der Waals surface area contributed by atoms with Crippen molar-refractivity contribution in [2.24, 2.45) is 5.73 Å². The molecular formula is C11H17NO. The molecule has 72 valence electrons. The summed E-state index contributed by atoms with van der Waals surface area (Å²) in [7, 11) is 1.70. The molecule has 0 aromatic heterocycles. The second-order valence-electron chi connectivity index (χ2n) is 3.29. The summed E-state index contributed by atoms with van der Waals surface area (Å²) in [5.74, 6) is 0.952. The van der Waals surface area contributed by atoms with Crippen LogP contribution in [0.25, 0.3) is 0 Å². The molecule has 2 heteroatoms. The van der Waals surface area contributed by atoms with Gasteiger partial charge in [0.25, 0.3) is 0 Å². The number of aryl methyl sites for hydroxylation is 2. The maximum atomic E-state index is 5.52. The average molecular weight is 179 g/mol. The van der Waals surface area contributed by atoms with E-state index >= 15 is 0 Å². The molecule has 1 rings (SSSR count). The van der Waals surface area contributed by atoms with Crippen molar-refractivity contribution in [1.82, 2.24) is 0 Å². The highest BCUT2D eigenvalue weighted by Crippen LogP contribution is 2.22. The van der Waals surface area contributed by atoms with E-state index in [9.17, 15) is 0 Å². The van der Waals surface area contributed by atoms with Gasteiger partial charge in [-0.25, -0.2) is 0 Å². The Morgan fingerprint density at radius 2 is 1.85 bits per heavy atom. The van der Waals surface area contributed by atoms with E-state index < -0.39 is 0 Å². The van der Waals surface area contributed by atoms with Crippen LogP contribution in [0, 0.1) is 13.8 Å². The Hall–Kier alpha value is -1.02. The smallest absolute Gasteiger partial charge is 0.122 e. The first-order chi connectivity index (χ1) is 6.19. The zero-order chi connectivity index (χ0) is 9.84. The van der Waals surface area contributed by atoms with Gasteiger partial charge in [0.15, 0.2) is 0 Å². The molecule has 1 aromatic rings. The fourth-order valence-corrected chi connectivity index (χ4v) is 1.39. The number of nitrogens with two attached hydrogens (primary N) is 1. The topological polar surface area (TPSA) is 35.2 Å². The molecule has 0 amide bonds. The maximum Gasteiger partial charge on any atom is 0.122 e. The van der Waals surface area contributed by atoms with E-state index in [2.05, 4.69) is 26.0 Å². The maximum absolute atomic E-state index is 5.52. The van der Waals surface area contributed by atoms with Gasteiger partial charge >= 0.3 is 0 Å². The third-order valence-corrected chi connectivity index (χ3v) is 2.31. The Balaban J connectivity index is 3.09. The number of methoxy groups -OCH3 is 1. The quantitative estimate of drug-likeness (QED) is 0.768. The van der Waals surface area contributed by atoms with E-state index in [4.69, 9.17) is 10.5 Å². The van der Waals surface area contributed by atoms with E-state index in [0.717, 1.165) is 12.2 Å². The molecule has 0 radical (unpaired) electrons. The van der Waals surface area contributed by atoms with Crippen LogP contribution in [0.4, 0.5) is 0 Å². The summed E-state index contributed by atoms with van der Waals surface area (Å²) in [5, 5.41) is 0. The van der Waals surface area contributed by atoms with Gasteiger partial charge in [-0.1, -0.05) is 6.07 Å². The van der Waals surface area contributed by atoms with Crippen LogP contribution >= 0.6 is 0 Å². The molecule has 0 aliphatic carbocycles. The molecule has 0 fully saturated rings. The molecule has 0 saturated carbocycles. The van der Waals surface area contributed by atoms with Gasteiger partial charge < -0.3 is 10.5 Å². The lowest BCUT2D eigenvalue weighted by atomic mass is 10.0. The average Bonchev–Trinajstić information content (AvgIpc) is 2.11. The Bertz CT molecular complexity index is 294. The predicted molar refractivity (Wildman–Crippen MR) is 55.2 cm³/mol. The lowest BCUT2D eigenvalue weighted by Gasteiger charge is -2.10. The fraction of sp³-hybridized carbons (Fsp3) is 0.455. The van der Waals surface area contributed by atoms with Gasteiger partial charge in [0.2, 0.25) is 0 Å². The summed E-state index contributed by atoms with van der Waals surface area (Å²) in [6, 6.07) is 4.22. The third-order valence-electron chi connectivity index (χ3n) is 2.31. The van der Waals surface area contributed by atoms with Gasteiger partial charge in [0, 0.05) is 0 Å². The number of rotatable bonds is 3. The Kier molecular flexibility index (Phi) is 3.32. The van der Waals surface area contributed by atoms with Crippen LogP contribution in [-0.4, -0.2) is 13.7 Å². The lowest BCUT2D eigenvalue weighted by Crippen LogP contribution is -2.05. The van der Waals surface area contributed by atoms with Crippen molar-refractivity contribution in [1.29, 1.82) is 0 Å². The van der Waals surface area contributed by atoms with Gasteiger partial charge in [-0.3, -0.25) is 0 Å². The minimum absolute atomic E-state index is 0.666. The highest BCUT2D eigenvalue weighted by Gasteiger charge is 2.04. The summed E-state index contributed by atoms with van der Waals surface area (Å²) in [4.78, 5) is 0. The Morgan fingerprint density at radius 3 is 2.38 bits per heavy atom. The number of benzene rings is 1. The van der Waals surface area contributed by atoms with Crippen LogP contribution < -0.4 is 10.5 Å². The van der Waals surface area contributed by atoms with Crippen molar-refractivity contribution < 1.29 is 4.74 Å². The molecule has 0 unspecified atom stereocenters. The summed E-state index contributed by atoms with van der Waals surface area (Å²) in [5.41, 5.74) is 9.28. The normalized spacial score (nSPS) is 10.2.